The maximum absolute atomic E-state index is 13.8. The Morgan fingerprint density at radius 2 is 1.91 bits per heavy atom. The topological polar surface area (TPSA) is 71.7 Å². The molecule has 1 aromatic heterocycles. The lowest BCUT2D eigenvalue weighted by atomic mass is 9.95. The van der Waals surface area contributed by atoms with Gasteiger partial charge in [0.15, 0.2) is 0 Å². The van der Waals surface area contributed by atoms with Gasteiger partial charge in [-0.15, -0.1) is 0 Å². The van der Waals surface area contributed by atoms with Crippen molar-refractivity contribution in [3.05, 3.63) is 35.5 Å². The zero-order valence-electron chi connectivity index (χ0n) is 19.2. The molecule has 4 rings (SSSR count). The van der Waals surface area contributed by atoms with E-state index in [2.05, 4.69) is 28.9 Å². The molecule has 32 heavy (non-hydrogen) atoms. The number of ether oxygens (including phenoxy) is 1. The Labute approximate surface area is 188 Å². The number of amides is 1. The standard InChI is InChI=1S/C24H33FN4O3/c1-16-4-5-20(12-21(16)25)24-26-22(32-27-24)6-7-23(30)29-10-8-19(9-11-29)15-28-13-17(2)31-18(3)14-28/h4-5,12,17-19H,6-11,13-15H2,1-3H3. The van der Waals surface area contributed by atoms with Gasteiger partial charge in [-0.1, -0.05) is 17.3 Å². The Kier molecular flexibility index (Phi) is 7.20. The number of likely N-dealkylation sites (tertiary alicyclic amines) is 1. The van der Waals surface area contributed by atoms with Gasteiger partial charge in [-0.25, -0.2) is 4.39 Å². The number of aryl methyl sites for hydroxylation is 2. The van der Waals surface area contributed by atoms with Gasteiger partial charge in [-0.2, -0.15) is 4.98 Å². The van der Waals surface area contributed by atoms with Gasteiger partial charge < -0.3 is 14.2 Å². The fourth-order valence-electron chi connectivity index (χ4n) is 4.74. The van der Waals surface area contributed by atoms with Gasteiger partial charge in [0.25, 0.3) is 0 Å². The Bertz CT molecular complexity index is 916. The first-order valence-corrected chi connectivity index (χ1v) is 11.6. The number of hydrogen-bond donors (Lipinski definition) is 0. The monoisotopic (exact) mass is 444 g/mol. The molecule has 2 aliphatic rings. The van der Waals surface area contributed by atoms with E-state index >= 15 is 0 Å². The molecule has 0 bridgehead atoms. The minimum absolute atomic E-state index is 0.123. The van der Waals surface area contributed by atoms with E-state index in [-0.39, 0.29) is 23.9 Å². The number of nitrogens with zero attached hydrogens (tertiary/aromatic N) is 4. The molecule has 2 saturated heterocycles. The van der Waals surface area contributed by atoms with Crippen LogP contribution in [0.5, 0.6) is 0 Å². The average Bonchev–Trinajstić information content (AvgIpc) is 3.23. The van der Waals surface area contributed by atoms with Crippen LogP contribution in [0.1, 0.15) is 44.6 Å². The van der Waals surface area contributed by atoms with Gasteiger partial charge in [0, 0.05) is 51.1 Å². The third kappa shape index (κ3) is 5.72. The molecule has 2 fully saturated rings. The fraction of sp³-hybridized carbons (Fsp3) is 0.625. The number of hydrogen-bond acceptors (Lipinski definition) is 6. The van der Waals surface area contributed by atoms with Crippen LogP contribution < -0.4 is 0 Å². The fourth-order valence-corrected chi connectivity index (χ4v) is 4.74. The van der Waals surface area contributed by atoms with E-state index in [0.717, 1.165) is 45.6 Å². The summed E-state index contributed by atoms with van der Waals surface area (Å²) in [6.07, 6.45) is 3.38. The van der Waals surface area contributed by atoms with Crippen LogP contribution in [0.2, 0.25) is 0 Å². The normalized spacial score (nSPS) is 22.9. The zero-order valence-corrected chi connectivity index (χ0v) is 19.2. The van der Waals surface area contributed by atoms with E-state index in [1.54, 1.807) is 19.1 Å². The van der Waals surface area contributed by atoms with E-state index in [9.17, 15) is 9.18 Å². The highest BCUT2D eigenvalue weighted by Gasteiger charge is 2.28. The zero-order chi connectivity index (χ0) is 22.7. The summed E-state index contributed by atoms with van der Waals surface area (Å²) < 4.78 is 24.9. The Balaban J connectivity index is 1.22. The first kappa shape index (κ1) is 22.9. The minimum Gasteiger partial charge on any atom is -0.373 e. The summed E-state index contributed by atoms with van der Waals surface area (Å²) >= 11 is 0. The molecule has 174 valence electrons. The van der Waals surface area contributed by atoms with Crippen molar-refractivity contribution in [1.82, 2.24) is 19.9 Å². The first-order valence-electron chi connectivity index (χ1n) is 11.6. The second-order valence-electron chi connectivity index (χ2n) is 9.28. The van der Waals surface area contributed by atoms with Crippen LogP contribution in [0.25, 0.3) is 11.4 Å². The predicted molar refractivity (Wildman–Crippen MR) is 119 cm³/mol. The predicted octanol–water partition coefficient (Wildman–Crippen LogP) is 3.46. The summed E-state index contributed by atoms with van der Waals surface area (Å²) in [4.78, 5) is 21.5. The summed E-state index contributed by atoms with van der Waals surface area (Å²) in [6.45, 7) is 10.6. The van der Waals surface area contributed by atoms with Crippen molar-refractivity contribution in [1.29, 1.82) is 0 Å². The van der Waals surface area contributed by atoms with Crippen LogP contribution in [0.15, 0.2) is 22.7 Å². The van der Waals surface area contributed by atoms with Crippen LogP contribution in [-0.2, 0) is 16.0 Å². The lowest BCUT2D eigenvalue weighted by Crippen LogP contribution is -2.48. The third-order valence-corrected chi connectivity index (χ3v) is 6.43. The van der Waals surface area contributed by atoms with Crippen molar-refractivity contribution in [2.24, 2.45) is 5.92 Å². The van der Waals surface area contributed by atoms with Crippen LogP contribution in [0, 0.1) is 18.7 Å². The molecule has 0 radical (unpaired) electrons. The second-order valence-corrected chi connectivity index (χ2v) is 9.28. The number of carbonyl (C=O) groups is 1. The highest BCUT2D eigenvalue weighted by molar-refractivity contribution is 5.76. The Morgan fingerprint density at radius 1 is 1.19 bits per heavy atom. The first-order chi connectivity index (χ1) is 15.4. The SMILES string of the molecule is Cc1ccc(-c2noc(CCC(=O)N3CCC(CN4CC(C)OC(C)C4)CC3)n2)cc1F. The molecule has 2 aromatic rings. The van der Waals surface area contributed by atoms with Crippen molar-refractivity contribution in [2.45, 2.75) is 58.7 Å². The number of piperidine rings is 1. The largest absolute Gasteiger partial charge is 0.373 e. The van der Waals surface area contributed by atoms with Crippen LogP contribution in [-0.4, -0.2) is 70.8 Å². The van der Waals surface area contributed by atoms with E-state index in [4.69, 9.17) is 9.26 Å². The Morgan fingerprint density at radius 3 is 2.59 bits per heavy atom. The number of aromatic nitrogens is 2. The number of rotatable bonds is 6. The van der Waals surface area contributed by atoms with Crippen LogP contribution >= 0.6 is 0 Å². The number of carbonyl (C=O) groups excluding carboxylic acids is 1. The molecule has 0 aliphatic carbocycles. The molecule has 2 aliphatic heterocycles. The van der Waals surface area contributed by atoms with E-state index in [1.165, 1.54) is 6.07 Å². The van der Waals surface area contributed by atoms with E-state index in [0.29, 0.717) is 41.6 Å². The van der Waals surface area contributed by atoms with Crippen molar-refractivity contribution in [2.75, 3.05) is 32.7 Å². The molecular weight excluding hydrogens is 411 g/mol. The van der Waals surface area contributed by atoms with Crippen molar-refractivity contribution < 1.29 is 18.4 Å². The van der Waals surface area contributed by atoms with Crippen molar-refractivity contribution in [3.63, 3.8) is 0 Å². The van der Waals surface area contributed by atoms with Gasteiger partial charge in [0.2, 0.25) is 17.6 Å². The molecule has 3 heterocycles. The van der Waals surface area contributed by atoms with Gasteiger partial charge in [0.05, 0.1) is 12.2 Å². The van der Waals surface area contributed by atoms with Crippen LogP contribution in [0.3, 0.4) is 0 Å². The van der Waals surface area contributed by atoms with Crippen LogP contribution in [0.4, 0.5) is 4.39 Å². The number of morpholine rings is 1. The van der Waals surface area contributed by atoms with Gasteiger partial charge in [-0.3, -0.25) is 9.69 Å². The summed E-state index contributed by atoms with van der Waals surface area (Å²) in [6, 6.07) is 4.85. The summed E-state index contributed by atoms with van der Waals surface area (Å²) in [7, 11) is 0. The second kappa shape index (κ2) is 10.1. The number of benzene rings is 1. The molecule has 2 atom stereocenters. The molecule has 0 saturated carbocycles. The maximum Gasteiger partial charge on any atom is 0.227 e. The van der Waals surface area contributed by atoms with E-state index in [1.807, 2.05) is 4.90 Å². The third-order valence-electron chi connectivity index (χ3n) is 6.43. The number of halogens is 1. The highest BCUT2D eigenvalue weighted by Crippen LogP contribution is 2.22. The van der Waals surface area contributed by atoms with Crippen molar-refractivity contribution >= 4 is 5.91 Å². The minimum atomic E-state index is -0.301. The highest BCUT2D eigenvalue weighted by atomic mass is 19.1. The van der Waals surface area contributed by atoms with Gasteiger partial charge >= 0.3 is 0 Å². The molecule has 7 nitrogen and oxygen atoms in total. The lowest BCUT2D eigenvalue weighted by Gasteiger charge is -2.39. The lowest BCUT2D eigenvalue weighted by molar-refractivity contribution is -0.132. The molecular formula is C24H33FN4O3. The van der Waals surface area contributed by atoms with E-state index < -0.39 is 0 Å². The molecule has 0 spiro atoms. The summed E-state index contributed by atoms with van der Waals surface area (Å²) in [5, 5.41) is 3.93. The maximum atomic E-state index is 13.8. The summed E-state index contributed by atoms with van der Waals surface area (Å²) in [5.74, 6) is 1.20. The van der Waals surface area contributed by atoms with Gasteiger partial charge in [0.1, 0.15) is 5.82 Å². The Hall–Kier alpha value is -2.32. The van der Waals surface area contributed by atoms with Gasteiger partial charge in [-0.05, 0) is 51.2 Å². The quantitative estimate of drug-likeness (QED) is 0.680. The van der Waals surface area contributed by atoms with Crippen molar-refractivity contribution in [3.8, 4) is 11.4 Å². The average molecular weight is 445 g/mol. The molecule has 1 aromatic carbocycles. The molecule has 8 heteroatoms. The smallest absolute Gasteiger partial charge is 0.227 e. The molecule has 1 amide bonds. The molecule has 0 N–H and O–H groups in total. The summed E-state index contributed by atoms with van der Waals surface area (Å²) in [5.41, 5.74) is 1.14. The molecule has 2 unspecified atom stereocenters.